The molecule has 0 fully saturated rings. The Balaban J connectivity index is 2.05. The Morgan fingerprint density at radius 1 is 1.09 bits per heavy atom. The lowest BCUT2D eigenvalue weighted by Crippen LogP contribution is -2.18. The van der Waals surface area contributed by atoms with Crippen molar-refractivity contribution in [3.8, 4) is 0 Å². The van der Waals surface area contributed by atoms with Gasteiger partial charge < -0.3 is 0 Å². The monoisotopic (exact) mass is 378 g/mol. The van der Waals surface area contributed by atoms with Crippen LogP contribution < -0.4 is 4.83 Å². The molecular formula is C16H15BrN2O2S. The second-order valence-corrected chi connectivity index (χ2v) is 7.18. The minimum Gasteiger partial charge on any atom is -0.200 e. The number of sulfonamides is 1. The molecule has 0 aliphatic rings. The third-order valence-corrected chi connectivity index (χ3v) is 4.53. The molecule has 0 aliphatic heterocycles. The Morgan fingerprint density at radius 3 is 2.36 bits per heavy atom. The van der Waals surface area contributed by atoms with Gasteiger partial charge in [0.1, 0.15) is 0 Å². The molecule has 4 nitrogen and oxygen atoms in total. The Labute approximate surface area is 138 Å². The van der Waals surface area contributed by atoms with E-state index in [1.165, 1.54) is 18.3 Å². The highest BCUT2D eigenvalue weighted by Crippen LogP contribution is 2.14. The predicted octanol–water partition coefficient (Wildman–Crippen LogP) is 3.82. The molecule has 0 aromatic heterocycles. The predicted molar refractivity (Wildman–Crippen MR) is 93.0 cm³/mol. The first-order valence-corrected chi connectivity index (χ1v) is 8.79. The molecule has 0 heterocycles. The van der Waals surface area contributed by atoms with E-state index >= 15 is 0 Å². The summed E-state index contributed by atoms with van der Waals surface area (Å²) in [4.78, 5) is 2.36. The van der Waals surface area contributed by atoms with Crippen LogP contribution in [0.25, 0.3) is 6.08 Å². The van der Waals surface area contributed by atoms with Gasteiger partial charge in [-0.3, -0.25) is 0 Å². The van der Waals surface area contributed by atoms with Crippen LogP contribution in [-0.2, 0) is 10.0 Å². The summed E-state index contributed by atoms with van der Waals surface area (Å²) >= 11 is 3.26. The van der Waals surface area contributed by atoms with Crippen LogP contribution in [0, 0.1) is 0 Å². The van der Waals surface area contributed by atoms with Crippen molar-refractivity contribution in [3.63, 3.8) is 0 Å². The second-order valence-electron chi connectivity index (χ2n) is 4.61. The second kappa shape index (κ2) is 7.38. The van der Waals surface area contributed by atoms with Gasteiger partial charge in [0.05, 0.1) is 11.1 Å². The van der Waals surface area contributed by atoms with Crippen molar-refractivity contribution in [3.05, 3.63) is 70.2 Å². The molecule has 0 spiro atoms. The average Bonchev–Trinajstić information content (AvgIpc) is 2.48. The molecule has 0 saturated carbocycles. The highest BCUT2D eigenvalue weighted by Gasteiger charge is 2.11. The highest BCUT2D eigenvalue weighted by atomic mass is 79.9. The SMILES string of the molecule is CC(/C=N\NS(=O)(=O)c1ccc(Br)cc1)=C/c1ccccc1. The maximum absolute atomic E-state index is 12.0. The van der Waals surface area contributed by atoms with E-state index in [-0.39, 0.29) is 4.90 Å². The van der Waals surface area contributed by atoms with E-state index in [4.69, 9.17) is 0 Å². The third kappa shape index (κ3) is 4.82. The molecule has 0 aliphatic carbocycles. The number of rotatable bonds is 5. The minimum absolute atomic E-state index is 0.164. The first-order valence-electron chi connectivity index (χ1n) is 6.51. The van der Waals surface area contributed by atoms with Crippen molar-refractivity contribution in [2.24, 2.45) is 5.10 Å². The molecule has 0 unspecified atom stereocenters. The number of hydrogen-bond acceptors (Lipinski definition) is 3. The molecule has 0 amide bonds. The molecule has 0 atom stereocenters. The molecule has 0 bridgehead atoms. The summed E-state index contributed by atoms with van der Waals surface area (Å²) in [6, 6.07) is 16.1. The van der Waals surface area contributed by atoms with Gasteiger partial charge in [-0.15, -0.1) is 0 Å². The minimum atomic E-state index is -3.64. The van der Waals surface area contributed by atoms with Crippen molar-refractivity contribution in [1.29, 1.82) is 0 Å². The summed E-state index contributed by atoms with van der Waals surface area (Å²) in [5.74, 6) is 0. The summed E-state index contributed by atoms with van der Waals surface area (Å²) in [5, 5.41) is 3.79. The van der Waals surface area contributed by atoms with E-state index in [1.54, 1.807) is 12.1 Å². The van der Waals surface area contributed by atoms with Gasteiger partial charge in [0, 0.05) is 4.47 Å². The molecule has 2 aromatic rings. The summed E-state index contributed by atoms with van der Waals surface area (Å²) in [6.45, 7) is 1.85. The van der Waals surface area contributed by atoms with Gasteiger partial charge in [0.2, 0.25) is 0 Å². The zero-order valence-corrected chi connectivity index (χ0v) is 14.3. The van der Waals surface area contributed by atoms with Crippen LogP contribution in [0.4, 0.5) is 0 Å². The third-order valence-electron chi connectivity index (χ3n) is 2.76. The van der Waals surface area contributed by atoms with Crippen molar-refractivity contribution < 1.29 is 8.42 Å². The first-order chi connectivity index (χ1) is 10.5. The Morgan fingerprint density at radius 2 is 1.73 bits per heavy atom. The topological polar surface area (TPSA) is 58.5 Å². The van der Waals surface area contributed by atoms with E-state index in [1.807, 2.05) is 43.3 Å². The zero-order chi connectivity index (χ0) is 16.0. The van der Waals surface area contributed by atoms with Crippen molar-refractivity contribution in [2.45, 2.75) is 11.8 Å². The van der Waals surface area contributed by atoms with Crippen molar-refractivity contribution >= 4 is 38.2 Å². The number of allylic oxidation sites excluding steroid dienone is 1. The van der Waals surface area contributed by atoms with Crippen LogP contribution in [0.1, 0.15) is 12.5 Å². The van der Waals surface area contributed by atoms with Gasteiger partial charge in [-0.1, -0.05) is 52.3 Å². The quantitative estimate of drug-likeness (QED) is 0.634. The van der Waals surface area contributed by atoms with E-state index < -0.39 is 10.0 Å². The highest BCUT2D eigenvalue weighted by molar-refractivity contribution is 9.10. The fourth-order valence-corrected chi connectivity index (χ4v) is 2.77. The summed E-state index contributed by atoms with van der Waals surface area (Å²) < 4.78 is 24.9. The summed E-state index contributed by atoms with van der Waals surface area (Å²) in [7, 11) is -3.64. The van der Waals surface area contributed by atoms with Gasteiger partial charge in [0.25, 0.3) is 10.0 Å². The van der Waals surface area contributed by atoms with Crippen molar-refractivity contribution in [2.75, 3.05) is 0 Å². The van der Waals surface area contributed by atoms with Gasteiger partial charge in [0.15, 0.2) is 0 Å². The molecule has 22 heavy (non-hydrogen) atoms. The van der Waals surface area contributed by atoms with Crippen LogP contribution in [-0.4, -0.2) is 14.6 Å². The average molecular weight is 379 g/mol. The number of nitrogens with zero attached hydrogens (tertiary/aromatic N) is 1. The van der Waals surface area contributed by atoms with Crippen molar-refractivity contribution in [1.82, 2.24) is 4.83 Å². The zero-order valence-electron chi connectivity index (χ0n) is 11.9. The summed E-state index contributed by atoms with van der Waals surface area (Å²) in [5.41, 5.74) is 1.87. The van der Waals surface area contributed by atoms with Crippen LogP contribution in [0.3, 0.4) is 0 Å². The lowest BCUT2D eigenvalue weighted by molar-refractivity contribution is 0.584. The Bertz CT molecular complexity index is 783. The largest absolute Gasteiger partial charge is 0.276 e. The summed E-state index contributed by atoms with van der Waals surface area (Å²) in [6.07, 6.45) is 3.39. The number of hydrazone groups is 1. The van der Waals surface area contributed by atoms with Gasteiger partial charge in [-0.05, 0) is 42.3 Å². The van der Waals surface area contributed by atoms with E-state index in [0.29, 0.717) is 0 Å². The number of hydrogen-bond donors (Lipinski definition) is 1. The standard InChI is InChI=1S/C16H15BrN2O2S/c1-13(11-14-5-3-2-4-6-14)12-18-19-22(20,21)16-9-7-15(17)8-10-16/h2-12,19H,1H3/b13-11-,18-12-. The number of benzene rings is 2. The lowest BCUT2D eigenvalue weighted by Gasteiger charge is -2.03. The smallest absolute Gasteiger partial charge is 0.200 e. The molecule has 0 radical (unpaired) electrons. The fourth-order valence-electron chi connectivity index (χ4n) is 1.71. The molecule has 1 N–H and O–H groups in total. The first kappa shape index (κ1) is 16.5. The maximum Gasteiger partial charge on any atom is 0.276 e. The van der Waals surface area contributed by atoms with Gasteiger partial charge in [-0.2, -0.15) is 13.5 Å². The molecule has 2 aromatic carbocycles. The number of nitrogens with one attached hydrogen (secondary N) is 1. The maximum atomic E-state index is 12.0. The lowest BCUT2D eigenvalue weighted by atomic mass is 10.1. The molecule has 6 heteroatoms. The molecule has 0 saturated heterocycles. The Kier molecular flexibility index (Phi) is 5.51. The number of halogens is 1. The van der Waals surface area contributed by atoms with Gasteiger partial charge in [-0.25, -0.2) is 4.83 Å². The normalized spacial score (nSPS) is 12.5. The van der Waals surface area contributed by atoms with Crippen LogP contribution in [0.5, 0.6) is 0 Å². The van der Waals surface area contributed by atoms with Gasteiger partial charge >= 0.3 is 0 Å². The molecular weight excluding hydrogens is 364 g/mol. The van der Waals surface area contributed by atoms with E-state index in [2.05, 4.69) is 25.9 Å². The van der Waals surface area contributed by atoms with Crippen LogP contribution >= 0.6 is 15.9 Å². The Hall–Kier alpha value is -1.92. The van der Waals surface area contributed by atoms with E-state index in [9.17, 15) is 8.42 Å². The van der Waals surface area contributed by atoms with Crippen LogP contribution in [0.2, 0.25) is 0 Å². The molecule has 114 valence electrons. The van der Waals surface area contributed by atoms with Crippen LogP contribution in [0.15, 0.2) is 74.6 Å². The van der Waals surface area contributed by atoms with E-state index in [0.717, 1.165) is 15.6 Å². The molecule has 2 rings (SSSR count). The fraction of sp³-hybridized carbons (Fsp3) is 0.0625.